The summed E-state index contributed by atoms with van der Waals surface area (Å²) in [5.41, 5.74) is -0.346. The predicted molar refractivity (Wildman–Crippen MR) is 91.7 cm³/mol. The quantitative estimate of drug-likeness (QED) is 0.793. The van der Waals surface area contributed by atoms with Crippen LogP contribution in [0.3, 0.4) is 0 Å². The summed E-state index contributed by atoms with van der Waals surface area (Å²) in [6, 6.07) is 7.53. The zero-order valence-corrected chi connectivity index (χ0v) is 15.4. The van der Waals surface area contributed by atoms with Crippen molar-refractivity contribution in [1.29, 1.82) is 0 Å². The number of amides is 1. The van der Waals surface area contributed by atoms with E-state index < -0.39 is 11.0 Å². The molecular weight excluding hydrogens is 306 g/mol. The molecule has 0 aliphatic carbocycles. The van der Waals surface area contributed by atoms with Crippen LogP contribution in [-0.4, -0.2) is 36.0 Å². The first-order chi connectivity index (χ1) is 11.1. The van der Waals surface area contributed by atoms with Crippen molar-refractivity contribution in [3.63, 3.8) is 0 Å². The molecule has 24 heavy (non-hydrogen) atoms. The zero-order chi connectivity index (χ0) is 18.1. The molecule has 1 amide bonds. The maximum atomic E-state index is 12.5. The Morgan fingerprint density at radius 2 is 1.83 bits per heavy atom. The molecule has 0 bridgehead atoms. The van der Waals surface area contributed by atoms with E-state index >= 15 is 0 Å². The standard InChI is InChI=1S/C19H27NO4/c1-13(14-7-9-15(23-6)10-8-14)20-12-19(5,11-16(20)21)17(22)24-18(2,3)4/h7-10,13H,11-12H2,1-6H3/t13-,19?/m0/s1. The molecule has 1 unspecified atom stereocenters. The van der Waals surface area contributed by atoms with E-state index in [2.05, 4.69) is 0 Å². The van der Waals surface area contributed by atoms with Crippen LogP contribution in [0.2, 0.25) is 0 Å². The van der Waals surface area contributed by atoms with Crippen LogP contribution in [0.1, 0.15) is 52.6 Å². The SMILES string of the molecule is COc1ccc([C@H](C)N2CC(C)(C(=O)OC(C)(C)C)CC2=O)cc1. The van der Waals surface area contributed by atoms with Gasteiger partial charge >= 0.3 is 5.97 Å². The third-order valence-electron chi connectivity index (χ3n) is 4.34. The molecule has 2 rings (SSSR count). The number of rotatable bonds is 4. The van der Waals surface area contributed by atoms with Crippen molar-refractivity contribution in [2.45, 2.75) is 52.7 Å². The number of methoxy groups -OCH3 is 1. The van der Waals surface area contributed by atoms with Crippen LogP contribution in [-0.2, 0) is 14.3 Å². The molecule has 1 heterocycles. The molecule has 1 saturated heterocycles. The molecule has 0 spiro atoms. The normalized spacial score (nSPS) is 22.4. The Morgan fingerprint density at radius 3 is 2.33 bits per heavy atom. The summed E-state index contributed by atoms with van der Waals surface area (Å²) < 4.78 is 10.7. The van der Waals surface area contributed by atoms with E-state index in [4.69, 9.17) is 9.47 Å². The third-order valence-corrected chi connectivity index (χ3v) is 4.34. The van der Waals surface area contributed by atoms with Crippen LogP contribution >= 0.6 is 0 Å². The summed E-state index contributed by atoms with van der Waals surface area (Å²) >= 11 is 0. The van der Waals surface area contributed by atoms with Crippen molar-refractivity contribution in [3.05, 3.63) is 29.8 Å². The highest BCUT2D eigenvalue weighted by atomic mass is 16.6. The molecule has 0 aromatic heterocycles. The number of hydrogen-bond donors (Lipinski definition) is 0. The zero-order valence-electron chi connectivity index (χ0n) is 15.4. The Balaban J connectivity index is 2.14. The topological polar surface area (TPSA) is 55.8 Å². The Labute approximate surface area is 143 Å². The molecule has 0 N–H and O–H groups in total. The second-order valence-corrected chi connectivity index (χ2v) is 7.71. The van der Waals surface area contributed by atoms with E-state index in [1.165, 1.54) is 0 Å². The lowest BCUT2D eigenvalue weighted by Crippen LogP contribution is -2.38. The van der Waals surface area contributed by atoms with Gasteiger partial charge in [0.2, 0.25) is 5.91 Å². The largest absolute Gasteiger partial charge is 0.497 e. The van der Waals surface area contributed by atoms with Gasteiger partial charge in [-0.25, -0.2) is 0 Å². The first-order valence-electron chi connectivity index (χ1n) is 8.22. The fraction of sp³-hybridized carbons (Fsp3) is 0.579. The summed E-state index contributed by atoms with van der Waals surface area (Å²) in [6.45, 7) is 9.66. The molecule has 132 valence electrons. The molecule has 2 atom stereocenters. The van der Waals surface area contributed by atoms with Gasteiger partial charge in [-0.05, 0) is 52.3 Å². The number of esters is 1. The minimum atomic E-state index is -0.801. The van der Waals surface area contributed by atoms with Crippen LogP contribution in [0.25, 0.3) is 0 Å². The minimum absolute atomic E-state index is 0.0216. The van der Waals surface area contributed by atoms with Crippen LogP contribution in [0, 0.1) is 5.41 Å². The maximum absolute atomic E-state index is 12.5. The number of nitrogens with zero attached hydrogens (tertiary/aromatic N) is 1. The number of ether oxygens (including phenoxy) is 2. The van der Waals surface area contributed by atoms with Crippen molar-refractivity contribution >= 4 is 11.9 Å². The van der Waals surface area contributed by atoms with Crippen molar-refractivity contribution in [2.24, 2.45) is 5.41 Å². The van der Waals surface area contributed by atoms with Gasteiger partial charge in [0.25, 0.3) is 0 Å². The lowest BCUT2D eigenvalue weighted by Gasteiger charge is -2.30. The van der Waals surface area contributed by atoms with Crippen molar-refractivity contribution in [2.75, 3.05) is 13.7 Å². The number of hydrogen-bond acceptors (Lipinski definition) is 4. The lowest BCUT2D eigenvalue weighted by molar-refractivity contribution is -0.166. The maximum Gasteiger partial charge on any atom is 0.314 e. The highest BCUT2D eigenvalue weighted by Gasteiger charge is 2.48. The smallest absolute Gasteiger partial charge is 0.314 e. The number of benzene rings is 1. The van der Waals surface area contributed by atoms with E-state index in [9.17, 15) is 9.59 Å². The summed E-state index contributed by atoms with van der Waals surface area (Å²) in [5, 5.41) is 0. The first kappa shape index (κ1) is 18.3. The highest BCUT2D eigenvalue weighted by molar-refractivity contribution is 5.90. The molecule has 5 nitrogen and oxygen atoms in total. The minimum Gasteiger partial charge on any atom is -0.497 e. The van der Waals surface area contributed by atoms with Gasteiger partial charge in [0, 0.05) is 13.0 Å². The van der Waals surface area contributed by atoms with E-state index in [0.29, 0.717) is 6.54 Å². The number of carbonyl (C=O) groups is 2. The van der Waals surface area contributed by atoms with Crippen LogP contribution in [0.15, 0.2) is 24.3 Å². The molecular formula is C19H27NO4. The number of likely N-dealkylation sites (tertiary alicyclic amines) is 1. The van der Waals surface area contributed by atoms with Crippen LogP contribution < -0.4 is 4.74 Å². The Bertz CT molecular complexity index is 617. The van der Waals surface area contributed by atoms with Crippen molar-refractivity contribution < 1.29 is 19.1 Å². The highest BCUT2D eigenvalue weighted by Crippen LogP contribution is 2.38. The molecule has 1 aliphatic rings. The van der Waals surface area contributed by atoms with E-state index in [1.807, 2.05) is 52.0 Å². The number of carbonyl (C=O) groups excluding carboxylic acids is 2. The van der Waals surface area contributed by atoms with E-state index in [1.54, 1.807) is 18.9 Å². The van der Waals surface area contributed by atoms with Gasteiger partial charge < -0.3 is 14.4 Å². The van der Waals surface area contributed by atoms with Gasteiger partial charge in [-0.2, -0.15) is 0 Å². The second kappa shape index (κ2) is 6.46. The van der Waals surface area contributed by atoms with Gasteiger partial charge in [-0.15, -0.1) is 0 Å². The van der Waals surface area contributed by atoms with Gasteiger partial charge in [0.05, 0.1) is 18.6 Å². The first-order valence-corrected chi connectivity index (χ1v) is 8.22. The van der Waals surface area contributed by atoms with Crippen LogP contribution in [0.4, 0.5) is 0 Å². The van der Waals surface area contributed by atoms with Crippen LogP contribution in [0.5, 0.6) is 5.75 Å². The summed E-state index contributed by atoms with van der Waals surface area (Å²) in [4.78, 5) is 26.7. The predicted octanol–water partition coefficient (Wildman–Crippen LogP) is 3.34. The Hall–Kier alpha value is -2.04. The Kier molecular flexibility index (Phi) is 4.92. The van der Waals surface area contributed by atoms with Crippen molar-refractivity contribution in [3.8, 4) is 5.75 Å². The van der Waals surface area contributed by atoms with Gasteiger partial charge in [-0.3, -0.25) is 9.59 Å². The molecule has 0 radical (unpaired) electrons. The average molecular weight is 333 g/mol. The summed E-state index contributed by atoms with van der Waals surface area (Å²) in [6.07, 6.45) is 0.183. The third kappa shape index (κ3) is 3.89. The molecule has 1 aromatic carbocycles. The molecule has 0 saturated carbocycles. The molecule has 1 aromatic rings. The molecule has 1 aliphatic heterocycles. The Morgan fingerprint density at radius 1 is 1.25 bits per heavy atom. The fourth-order valence-corrected chi connectivity index (χ4v) is 2.91. The van der Waals surface area contributed by atoms with Crippen molar-refractivity contribution in [1.82, 2.24) is 4.90 Å². The molecule has 1 fully saturated rings. The summed E-state index contributed by atoms with van der Waals surface area (Å²) in [7, 11) is 1.62. The van der Waals surface area contributed by atoms with Gasteiger partial charge in [0.1, 0.15) is 11.4 Å². The van der Waals surface area contributed by atoms with Gasteiger partial charge in [0.15, 0.2) is 0 Å². The summed E-state index contributed by atoms with van der Waals surface area (Å²) in [5.74, 6) is 0.441. The van der Waals surface area contributed by atoms with Gasteiger partial charge in [-0.1, -0.05) is 12.1 Å². The van der Waals surface area contributed by atoms with E-state index in [0.717, 1.165) is 11.3 Å². The van der Waals surface area contributed by atoms with E-state index in [-0.39, 0.29) is 24.3 Å². The lowest BCUT2D eigenvalue weighted by atomic mass is 9.89. The second-order valence-electron chi connectivity index (χ2n) is 7.71. The molecule has 5 heteroatoms. The average Bonchev–Trinajstić information content (AvgIpc) is 2.81. The fourth-order valence-electron chi connectivity index (χ4n) is 2.91. The monoisotopic (exact) mass is 333 g/mol.